The molecule has 20 heavy (non-hydrogen) atoms. The zero-order valence-corrected chi connectivity index (χ0v) is 11.2. The van der Waals surface area contributed by atoms with Crippen LogP contribution in [0, 0.1) is 6.92 Å². The van der Waals surface area contributed by atoms with Gasteiger partial charge >= 0.3 is 0 Å². The van der Waals surface area contributed by atoms with Crippen LogP contribution >= 0.6 is 0 Å². The van der Waals surface area contributed by atoms with E-state index in [0.717, 1.165) is 22.5 Å². The summed E-state index contributed by atoms with van der Waals surface area (Å²) in [5.41, 5.74) is 5.55. The van der Waals surface area contributed by atoms with Crippen LogP contribution in [0.3, 0.4) is 0 Å². The monoisotopic (exact) mass is 261 g/mol. The molecule has 0 spiro atoms. The number of anilines is 2. The van der Waals surface area contributed by atoms with Gasteiger partial charge in [-0.25, -0.2) is 9.97 Å². The number of benzene rings is 2. The molecule has 0 atom stereocenters. The van der Waals surface area contributed by atoms with E-state index in [9.17, 15) is 0 Å². The minimum atomic E-state index is 1.02. The smallest absolute Gasteiger partial charge is 0.115 e. The Kier molecular flexibility index (Phi) is 3.42. The lowest BCUT2D eigenvalue weighted by Gasteiger charge is -2.08. The molecule has 0 saturated carbocycles. The molecule has 1 aromatic heterocycles. The minimum Gasteiger partial charge on any atom is -0.356 e. The lowest BCUT2D eigenvalue weighted by molar-refractivity contribution is 1.17. The quantitative estimate of drug-likeness (QED) is 0.768. The van der Waals surface area contributed by atoms with E-state index < -0.39 is 0 Å². The van der Waals surface area contributed by atoms with Gasteiger partial charge in [-0.1, -0.05) is 29.8 Å². The van der Waals surface area contributed by atoms with Crippen molar-refractivity contribution in [3.05, 3.63) is 72.8 Å². The first-order valence-corrected chi connectivity index (χ1v) is 6.50. The van der Waals surface area contributed by atoms with Crippen LogP contribution in [0.1, 0.15) is 5.56 Å². The largest absolute Gasteiger partial charge is 0.356 e. The van der Waals surface area contributed by atoms with E-state index in [1.165, 1.54) is 11.9 Å². The standard InChI is InChI=1S/C17H15N3/c1-13-2-6-16(7-3-13)20-17-8-4-14(5-9-17)15-10-18-12-19-11-15/h2-12,20H,1H3. The molecular formula is C17H15N3. The van der Waals surface area contributed by atoms with Crippen molar-refractivity contribution >= 4 is 11.4 Å². The van der Waals surface area contributed by atoms with Crippen LogP contribution in [-0.2, 0) is 0 Å². The molecule has 3 rings (SSSR count). The average molecular weight is 261 g/mol. The highest BCUT2D eigenvalue weighted by Gasteiger charge is 1.99. The van der Waals surface area contributed by atoms with Gasteiger partial charge in [-0.3, -0.25) is 0 Å². The van der Waals surface area contributed by atoms with Crippen LogP contribution in [0.2, 0.25) is 0 Å². The van der Waals surface area contributed by atoms with Crippen LogP contribution in [0.15, 0.2) is 67.3 Å². The Morgan fingerprint density at radius 3 is 1.85 bits per heavy atom. The van der Waals surface area contributed by atoms with Crippen molar-refractivity contribution in [2.45, 2.75) is 6.92 Å². The molecular weight excluding hydrogens is 246 g/mol. The highest BCUT2D eigenvalue weighted by Crippen LogP contribution is 2.22. The molecule has 0 bridgehead atoms. The van der Waals surface area contributed by atoms with Crippen LogP contribution < -0.4 is 5.32 Å². The van der Waals surface area contributed by atoms with Crippen molar-refractivity contribution in [1.82, 2.24) is 9.97 Å². The fourth-order valence-corrected chi connectivity index (χ4v) is 2.00. The highest BCUT2D eigenvalue weighted by molar-refractivity contribution is 5.67. The molecule has 3 heteroatoms. The Bertz CT molecular complexity index is 674. The van der Waals surface area contributed by atoms with Gasteiger partial charge in [0.05, 0.1) is 0 Å². The van der Waals surface area contributed by atoms with Gasteiger partial charge in [0, 0.05) is 29.3 Å². The first kappa shape index (κ1) is 12.4. The van der Waals surface area contributed by atoms with Gasteiger partial charge in [-0.15, -0.1) is 0 Å². The summed E-state index contributed by atoms with van der Waals surface area (Å²) in [7, 11) is 0. The predicted molar refractivity (Wildman–Crippen MR) is 81.9 cm³/mol. The maximum atomic E-state index is 4.03. The van der Waals surface area contributed by atoms with Gasteiger partial charge < -0.3 is 5.32 Å². The SMILES string of the molecule is Cc1ccc(Nc2ccc(-c3cncnc3)cc2)cc1. The number of nitrogens with zero attached hydrogens (tertiary/aromatic N) is 2. The fourth-order valence-electron chi connectivity index (χ4n) is 2.00. The zero-order chi connectivity index (χ0) is 13.8. The summed E-state index contributed by atoms with van der Waals surface area (Å²) < 4.78 is 0. The number of aromatic nitrogens is 2. The molecule has 0 saturated heterocycles. The normalized spacial score (nSPS) is 10.2. The van der Waals surface area contributed by atoms with E-state index in [0.29, 0.717) is 0 Å². The summed E-state index contributed by atoms with van der Waals surface area (Å²) in [5.74, 6) is 0. The van der Waals surface area contributed by atoms with Crippen molar-refractivity contribution in [2.24, 2.45) is 0 Å². The molecule has 1 N–H and O–H groups in total. The van der Waals surface area contributed by atoms with Gasteiger partial charge in [-0.05, 0) is 36.8 Å². The molecule has 0 amide bonds. The molecule has 0 fully saturated rings. The molecule has 0 aliphatic rings. The summed E-state index contributed by atoms with van der Waals surface area (Å²) >= 11 is 0. The first-order chi connectivity index (χ1) is 9.81. The molecule has 0 aliphatic carbocycles. The van der Waals surface area contributed by atoms with Crippen molar-refractivity contribution in [1.29, 1.82) is 0 Å². The van der Waals surface area contributed by atoms with E-state index in [-0.39, 0.29) is 0 Å². The Morgan fingerprint density at radius 1 is 0.700 bits per heavy atom. The molecule has 1 heterocycles. The summed E-state index contributed by atoms with van der Waals surface area (Å²) in [5, 5.41) is 3.38. The Balaban J connectivity index is 1.78. The number of hydrogen-bond donors (Lipinski definition) is 1. The molecule has 3 aromatic rings. The number of nitrogens with one attached hydrogen (secondary N) is 1. The number of hydrogen-bond acceptors (Lipinski definition) is 3. The molecule has 2 aromatic carbocycles. The number of rotatable bonds is 3. The summed E-state index contributed by atoms with van der Waals surface area (Å²) in [6.45, 7) is 2.08. The fraction of sp³-hybridized carbons (Fsp3) is 0.0588. The van der Waals surface area contributed by atoms with Crippen LogP contribution in [0.4, 0.5) is 11.4 Å². The maximum Gasteiger partial charge on any atom is 0.115 e. The Hall–Kier alpha value is -2.68. The average Bonchev–Trinajstić information content (AvgIpc) is 2.51. The van der Waals surface area contributed by atoms with Crippen LogP contribution in [0.5, 0.6) is 0 Å². The Morgan fingerprint density at radius 2 is 1.25 bits per heavy atom. The topological polar surface area (TPSA) is 37.8 Å². The number of aryl methyl sites for hydroxylation is 1. The van der Waals surface area contributed by atoms with Crippen molar-refractivity contribution in [3.63, 3.8) is 0 Å². The Labute approximate surface area is 118 Å². The van der Waals surface area contributed by atoms with Crippen LogP contribution in [0.25, 0.3) is 11.1 Å². The summed E-state index contributed by atoms with van der Waals surface area (Å²) in [6.07, 6.45) is 5.17. The molecule has 0 radical (unpaired) electrons. The highest BCUT2D eigenvalue weighted by atomic mass is 14.9. The van der Waals surface area contributed by atoms with Crippen molar-refractivity contribution in [2.75, 3.05) is 5.32 Å². The van der Waals surface area contributed by atoms with Gasteiger partial charge in [0.1, 0.15) is 6.33 Å². The van der Waals surface area contributed by atoms with E-state index in [4.69, 9.17) is 0 Å². The lowest BCUT2D eigenvalue weighted by Crippen LogP contribution is -1.90. The third-order valence-electron chi connectivity index (χ3n) is 3.12. The van der Waals surface area contributed by atoms with E-state index in [1.807, 2.05) is 12.4 Å². The molecule has 98 valence electrons. The van der Waals surface area contributed by atoms with E-state index >= 15 is 0 Å². The predicted octanol–water partition coefficient (Wildman–Crippen LogP) is 4.20. The van der Waals surface area contributed by atoms with Gasteiger partial charge in [0.2, 0.25) is 0 Å². The second-order valence-corrected chi connectivity index (χ2v) is 4.70. The lowest BCUT2D eigenvalue weighted by atomic mass is 10.1. The van der Waals surface area contributed by atoms with Crippen molar-refractivity contribution in [3.8, 4) is 11.1 Å². The third-order valence-corrected chi connectivity index (χ3v) is 3.12. The van der Waals surface area contributed by atoms with E-state index in [1.54, 1.807) is 0 Å². The molecule has 0 unspecified atom stereocenters. The maximum absolute atomic E-state index is 4.03. The molecule has 3 nitrogen and oxygen atoms in total. The van der Waals surface area contributed by atoms with Crippen LogP contribution in [-0.4, -0.2) is 9.97 Å². The molecule has 0 aliphatic heterocycles. The summed E-state index contributed by atoms with van der Waals surface area (Å²) in [4.78, 5) is 8.07. The second kappa shape index (κ2) is 5.53. The van der Waals surface area contributed by atoms with Gasteiger partial charge in [-0.2, -0.15) is 0 Å². The first-order valence-electron chi connectivity index (χ1n) is 6.50. The van der Waals surface area contributed by atoms with Gasteiger partial charge in [0.25, 0.3) is 0 Å². The third kappa shape index (κ3) is 2.83. The second-order valence-electron chi connectivity index (χ2n) is 4.70. The zero-order valence-electron chi connectivity index (χ0n) is 11.2. The minimum absolute atomic E-state index is 1.02. The van der Waals surface area contributed by atoms with Gasteiger partial charge in [0.15, 0.2) is 0 Å². The van der Waals surface area contributed by atoms with Crippen molar-refractivity contribution < 1.29 is 0 Å². The van der Waals surface area contributed by atoms with E-state index in [2.05, 4.69) is 70.7 Å². The summed E-state index contributed by atoms with van der Waals surface area (Å²) in [6, 6.07) is 16.6.